The Kier molecular flexibility index (Phi) is 5.45. The number of anilines is 2. The number of sulfone groups is 1. The second-order valence-corrected chi connectivity index (χ2v) is 12.0. The van der Waals surface area contributed by atoms with Crippen molar-refractivity contribution >= 4 is 38.7 Å². The molecular weight excluding hydrogens is 498 g/mol. The number of halogens is 3. The van der Waals surface area contributed by atoms with Gasteiger partial charge in [-0.25, -0.2) is 17.2 Å². The summed E-state index contributed by atoms with van der Waals surface area (Å²) in [5.74, 6) is -2.94. The first-order valence-corrected chi connectivity index (χ1v) is 13.2. The molecule has 5 rings (SSSR count). The molecule has 3 heterocycles. The summed E-state index contributed by atoms with van der Waals surface area (Å²) in [5.41, 5.74) is 2.63. The highest BCUT2D eigenvalue weighted by Gasteiger charge is 2.61. The lowest BCUT2D eigenvalue weighted by Gasteiger charge is -2.59. The quantitative estimate of drug-likeness (QED) is 0.530. The van der Waals surface area contributed by atoms with E-state index in [-0.39, 0.29) is 33.9 Å². The second kappa shape index (κ2) is 8.03. The normalized spacial score (nSPS) is 18.1. The molecule has 1 aromatic carbocycles. The van der Waals surface area contributed by atoms with Gasteiger partial charge in [0.25, 0.3) is 5.91 Å². The lowest BCUT2D eigenvalue weighted by Crippen LogP contribution is -2.66. The molecule has 0 atom stereocenters. The standard InChI is InChI=1S/C24H23ClF2N4O3S/c1-30-10-15(22(32)29-17-6-16(25)7-19(8-17)35(2,33)34)5-21(30)20-4-3-18(9-28-20)31-13-23(14-31)11-24(26,27)12-23/h3-10H,11-14H2,1-2H3,(H,29,32). The first-order valence-electron chi connectivity index (χ1n) is 10.9. The Morgan fingerprint density at radius 1 is 1.14 bits per heavy atom. The van der Waals surface area contributed by atoms with Crippen LogP contribution in [-0.2, 0) is 16.9 Å². The van der Waals surface area contributed by atoms with Gasteiger partial charge in [-0.2, -0.15) is 0 Å². The monoisotopic (exact) mass is 520 g/mol. The van der Waals surface area contributed by atoms with Crippen LogP contribution >= 0.6 is 11.6 Å². The van der Waals surface area contributed by atoms with E-state index in [0.717, 1.165) is 11.9 Å². The van der Waals surface area contributed by atoms with Gasteiger partial charge >= 0.3 is 0 Å². The molecule has 1 amide bonds. The summed E-state index contributed by atoms with van der Waals surface area (Å²) >= 11 is 6.02. The number of alkyl halides is 2. The van der Waals surface area contributed by atoms with Gasteiger partial charge in [0, 0.05) is 61.6 Å². The van der Waals surface area contributed by atoms with Crippen molar-refractivity contribution in [3.63, 3.8) is 0 Å². The maximum absolute atomic E-state index is 13.2. The Balaban J connectivity index is 1.28. The zero-order valence-electron chi connectivity index (χ0n) is 19.1. The topological polar surface area (TPSA) is 84.3 Å². The Labute approximate surface area is 206 Å². The molecule has 7 nitrogen and oxygen atoms in total. The molecule has 11 heteroatoms. The number of aromatic nitrogens is 2. The van der Waals surface area contributed by atoms with E-state index in [2.05, 4.69) is 10.3 Å². The SMILES string of the molecule is Cn1cc(C(=O)Nc2cc(Cl)cc(S(C)(=O)=O)c2)cc1-c1ccc(N2CC3(C2)CC(F)(F)C3)cn1. The molecule has 1 spiro atoms. The maximum atomic E-state index is 13.2. The first-order chi connectivity index (χ1) is 16.3. The fourth-order valence-electron chi connectivity index (χ4n) is 4.94. The van der Waals surface area contributed by atoms with E-state index in [9.17, 15) is 22.0 Å². The summed E-state index contributed by atoms with van der Waals surface area (Å²) < 4.78 is 51.9. The van der Waals surface area contributed by atoms with Crippen LogP contribution in [-0.4, -0.2) is 49.1 Å². The molecule has 2 aliphatic rings. The number of aryl methyl sites for hydroxylation is 1. The summed E-state index contributed by atoms with van der Waals surface area (Å²) in [4.78, 5) is 19.4. The van der Waals surface area contributed by atoms with Gasteiger partial charge in [0.2, 0.25) is 5.92 Å². The largest absolute Gasteiger partial charge is 0.369 e. The van der Waals surface area contributed by atoms with E-state index in [0.29, 0.717) is 30.0 Å². The fourth-order valence-corrected chi connectivity index (χ4v) is 5.92. The van der Waals surface area contributed by atoms with Crippen LogP contribution in [0, 0.1) is 5.41 Å². The van der Waals surface area contributed by atoms with Gasteiger partial charge in [0.1, 0.15) is 0 Å². The fraction of sp³-hybridized carbons (Fsp3) is 0.333. The third kappa shape index (κ3) is 4.64. The molecule has 1 aliphatic carbocycles. The number of carbonyl (C=O) groups excluding carboxylic acids is 1. The molecule has 0 radical (unpaired) electrons. The third-order valence-electron chi connectivity index (χ3n) is 6.52. The molecule has 1 aliphatic heterocycles. The summed E-state index contributed by atoms with van der Waals surface area (Å²) in [7, 11) is -1.70. The number of hydrogen-bond donors (Lipinski definition) is 1. The average molecular weight is 521 g/mol. The molecule has 3 aromatic rings. The molecule has 2 aromatic heterocycles. The van der Waals surface area contributed by atoms with Crippen molar-refractivity contribution < 1.29 is 22.0 Å². The molecular formula is C24H23ClF2N4O3S. The predicted molar refractivity (Wildman–Crippen MR) is 130 cm³/mol. The van der Waals surface area contributed by atoms with Crippen LogP contribution in [0.15, 0.2) is 53.7 Å². The van der Waals surface area contributed by atoms with Crippen LogP contribution in [0.25, 0.3) is 11.4 Å². The number of pyridine rings is 1. The third-order valence-corrected chi connectivity index (χ3v) is 7.83. The van der Waals surface area contributed by atoms with Gasteiger partial charge in [-0.3, -0.25) is 9.78 Å². The van der Waals surface area contributed by atoms with Gasteiger partial charge in [-0.15, -0.1) is 0 Å². The summed E-state index contributed by atoms with van der Waals surface area (Å²) in [6.45, 7) is 1.23. The van der Waals surface area contributed by atoms with Crippen molar-refractivity contribution in [3.8, 4) is 11.4 Å². The summed E-state index contributed by atoms with van der Waals surface area (Å²) in [6.07, 6.45) is 4.35. The van der Waals surface area contributed by atoms with Gasteiger partial charge < -0.3 is 14.8 Å². The van der Waals surface area contributed by atoms with Crippen molar-refractivity contribution in [2.45, 2.75) is 23.7 Å². The van der Waals surface area contributed by atoms with Crippen molar-refractivity contribution in [2.24, 2.45) is 12.5 Å². The molecule has 1 saturated carbocycles. The minimum Gasteiger partial charge on any atom is -0.369 e. The number of nitrogens with zero attached hydrogens (tertiary/aromatic N) is 3. The maximum Gasteiger partial charge on any atom is 0.257 e. The van der Waals surface area contributed by atoms with Crippen LogP contribution in [0.3, 0.4) is 0 Å². The van der Waals surface area contributed by atoms with E-state index in [1.807, 2.05) is 17.0 Å². The molecule has 1 N–H and O–H groups in total. The number of amides is 1. The number of rotatable bonds is 5. The van der Waals surface area contributed by atoms with E-state index in [4.69, 9.17) is 11.6 Å². The zero-order valence-corrected chi connectivity index (χ0v) is 20.6. The number of carbonyl (C=O) groups is 1. The molecule has 35 heavy (non-hydrogen) atoms. The van der Waals surface area contributed by atoms with Crippen molar-refractivity contribution in [1.29, 1.82) is 0 Å². The summed E-state index contributed by atoms with van der Waals surface area (Å²) in [5, 5.41) is 2.88. The lowest BCUT2D eigenvalue weighted by molar-refractivity contribution is -0.170. The van der Waals surface area contributed by atoms with Crippen LogP contribution < -0.4 is 10.2 Å². The Morgan fingerprint density at radius 3 is 2.46 bits per heavy atom. The Bertz CT molecular complexity index is 1420. The van der Waals surface area contributed by atoms with Crippen molar-refractivity contribution in [1.82, 2.24) is 9.55 Å². The number of nitrogens with one attached hydrogen (secondary N) is 1. The highest BCUT2D eigenvalue weighted by atomic mass is 35.5. The molecule has 0 unspecified atom stereocenters. The van der Waals surface area contributed by atoms with Crippen LogP contribution in [0.1, 0.15) is 23.2 Å². The highest BCUT2D eigenvalue weighted by molar-refractivity contribution is 7.90. The predicted octanol–water partition coefficient (Wildman–Crippen LogP) is 4.63. The molecule has 0 bridgehead atoms. The van der Waals surface area contributed by atoms with Gasteiger partial charge in [-0.1, -0.05) is 11.6 Å². The van der Waals surface area contributed by atoms with Crippen LogP contribution in [0.2, 0.25) is 5.02 Å². The molecule has 2 fully saturated rings. The zero-order chi connectivity index (χ0) is 25.2. The molecule has 1 saturated heterocycles. The van der Waals surface area contributed by atoms with Crippen molar-refractivity contribution in [3.05, 3.63) is 59.4 Å². The van der Waals surface area contributed by atoms with Crippen LogP contribution in [0.4, 0.5) is 20.2 Å². The minimum atomic E-state index is -3.49. The van der Waals surface area contributed by atoms with E-state index < -0.39 is 21.7 Å². The highest BCUT2D eigenvalue weighted by Crippen LogP contribution is 2.57. The Hall–Kier alpha value is -2.98. The van der Waals surface area contributed by atoms with Gasteiger partial charge in [-0.05, 0) is 36.4 Å². The van der Waals surface area contributed by atoms with Gasteiger partial charge in [0.05, 0.1) is 33.7 Å². The number of benzene rings is 1. The smallest absolute Gasteiger partial charge is 0.257 e. The minimum absolute atomic E-state index is 0.0116. The van der Waals surface area contributed by atoms with E-state index in [1.165, 1.54) is 18.2 Å². The lowest BCUT2D eigenvalue weighted by atomic mass is 9.61. The first kappa shape index (κ1) is 23.7. The second-order valence-electron chi connectivity index (χ2n) is 9.59. The average Bonchev–Trinajstić information content (AvgIpc) is 3.11. The van der Waals surface area contributed by atoms with Crippen molar-refractivity contribution in [2.75, 3.05) is 29.6 Å². The van der Waals surface area contributed by atoms with E-state index in [1.54, 1.807) is 30.1 Å². The van der Waals surface area contributed by atoms with Gasteiger partial charge in [0.15, 0.2) is 9.84 Å². The van der Waals surface area contributed by atoms with E-state index >= 15 is 0 Å². The Morgan fingerprint density at radius 2 is 1.86 bits per heavy atom. The summed E-state index contributed by atoms with van der Waals surface area (Å²) in [6, 6.07) is 9.58. The van der Waals surface area contributed by atoms with Crippen LogP contribution in [0.5, 0.6) is 0 Å². The molecule has 184 valence electrons. The number of hydrogen-bond acceptors (Lipinski definition) is 5.